The monoisotopic (exact) mass is 387 g/mol. The first-order valence-corrected chi connectivity index (χ1v) is 8.41. The normalized spacial score (nSPS) is 11.4. The fraction of sp³-hybridized carbons (Fsp3) is 0. The summed E-state index contributed by atoms with van der Waals surface area (Å²) in [6.45, 7) is 0. The molecule has 21 heavy (non-hydrogen) atoms. The molecule has 7 nitrogen and oxygen atoms in total. The predicted octanol–water partition coefficient (Wildman–Crippen LogP) is 3.81. The molecule has 1 aromatic carbocycles. The summed E-state index contributed by atoms with van der Waals surface area (Å²) in [6.07, 6.45) is 0.938. The zero-order valence-corrected chi connectivity index (χ0v) is 13.6. The molecule has 0 amide bonds. The number of hydrogen-bond acceptors (Lipinski definition) is 6. The van der Waals surface area contributed by atoms with Gasteiger partial charge in [0.05, 0.1) is 15.0 Å². The van der Waals surface area contributed by atoms with Gasteiger partial charge in [0.15, 0.2) is 0 Å². The molecule has 0 aliphatic heterocycles. The lowest BCUT2D eigenvalue weighted by Gasteiger charge is -2.09. The fourth-order valence-corrected chi connectivity index (χ4v) is 4.77. The zero-order valence-electron chi connectivity index (χ0n) is 9.71. The minimum atomic E-state index is -4.15. The molecular weight excluding hydrogens is 385 g/mol. The van der Waals surface area contributed by atoms with E-state index < -0.39 is 14.9 Å². The van der Waals surface area contributed by atoms with Gasteiger partial charge in [0.2, 0.25) is 5.13 Å². The maximum atomic E-state index is 12.2. The summed E-state index contributed by atoms with van der Waals surface area (Å²) in [5.74, 6) is 0. The number of nitrogens with one attached hydrogen (secondary N) is 1. The minimum Gasteiger partial charge on any atom is -0.257 e. The Morgan fingerprint density at radius 3 is 2.29 bits per heavy atom. The number of benzene rings is 1. The topological polar surface area (TPSA) is 102 Å². The van der Waals surface area contributed by atoms with E-state index in [9.17, 15) is 18.5 Å². The third-order valence-corrected chi connectivity index (χ3v) is 5.60. The van der Waals surface area contributed by atoms with Crippen LogP contribution in [0, 0.1) is 10.1 Å². The Bertz CT molecular complexity index is 798. The van der Waals surface area contributed by atoms with Crippen molar-refractivity contribution < 1.29 is 13.3 Å². The van der Waals surface area contributed by atoms with Crippen LogP contribution in [0.3, 0.4) is 0 Å². The summed E-state index contributed by atoms with van der Waals surface area (Å²) in [6, 6.07) is 2.43. The summed E-state index contributed by atoms with van der Waals surface area (Å²) < 4.78 is 26.5. The summed E-state index contributed by atoms with van der Waals surface area (Å²) in [5.41, 5.74) is 0. The number of sulfonamides is 1. The number of aromatic nitrogens is 1. The molecule has 0 unspecified atom stereocenters. The average Bonchev–Trinajstić information content (AvgIpc) is 2.74. The van der Waals surface area contributed by atoms with Gasteiger partial charge in [-0.05, 0) is 23.5 Å². The molecule has 0 aliphatic rings. The number of nitrogens with zero attached hydrogens (tertiary/aromatic N) is 2. The van der Waals surface area contributed by atoms with Crippen LogP contribution in [0.4, 0.5) is 10.1 Å². The highest BCUT2D eigenvalue weighted by Crippen LogP contribution is 2.35. The van der Waals surface area contributed by atoms with E-state index in [-0.39, 0.29) is 30.1 Å². The lowest BCUT2D eigenvalue weighted by Crippen LogP contribution is -2.13. The Hall–Kier alpha value is -1.13. The van der Waals surface area contributed by atoms with Gasteiger partial charge < -0.3 is 0 Å². The number of nitro groups is 1. The van der Waals surface area contributed by atoms with E-state index in [0.29, 0.717) is 11.3 Å². The molecule has 1 N–H and O–H groups in total. The van der Waals surface area contributed by atoms with Crippen LogP contribution in [0.5, 0.6) is 0 Å². The van der Waals surface area contributed by atoms with Gasteiger partial charge in [-0.3, -0.25) is 14.8 Å². The van der Waals surface area contributed by atoms with Gasteiger partial charge in [0.1, 0.15) is 11.1 Å². The molecule has 112 valence electrons. The number of hydrogen-bond donors (Lipinski definition) is 1. The maximum absolute atomic E-state index is 12.2. The van der Waals surface area contributed by atoms with E-state index in [4.69, 9.17) is 34.8 Å². The number of rotatable bonds is 4. The second-order valence-electron chi connectivity index (χ2n) is 3.56. The highest BCUT2D eigenvalue weighted by atomic mass is 35.5. The van der Waals surface area contributed by atoms with E-state index in [1.807, 2.05) is 0 Å². The predicted molar refractivity (Wildman–Crippen MR) is 81.0 cm³/mol. The highest BCUT2D eigenvalue weighted by molar-refractivity contribution is 7.93. The fourth-order valence-electron chi connectivity index (χ4n) is 1.35. The number of anilines is 1. The molecule has 2 rings (SSSR count). The van der Waals surface area contributed by atoms with Gasteiger partial charge in [0.25, 0.3) is 10.0 Å². The Kier molecular flexibility index (Phi) is 4.59. The molecule has 0 bridgehead atoms. The SMILES string of the molecule is O=[N+]([O-])c1cnc(NS(=O)(=O)c2c(Cl)cc(Cl)cc2Cl)s1. The van der Waals surface area contributed by atoms with Gasteiger partial charge in [-0.1, -0.05) is 34.8 Å². The first kappa shape index (κ1) is 16.2. The number of halogens is 3. The standard InChI is InChI=1S/C9H4Cl3N3O4S2/c10-4-1-5(11)8(6(12)2-4)21(18,19)14-9-13-3-7(20-9)15(16)17/h1-3H,(H,13,14). The van der Waals surface area contributed by atoms with Gasteiger partial charge in [0, 0.05) is 5.02 Å². The largest absolute Gasteiger partial charge is 0.345 e. The molecule has 1 aromatic heterocycles. The van der Waals surface area contributed by atoms with E-state index in [0.717, 1.165) is 6.20 Å². The molecule has 0 aliphatic carbocycles. The summed E-state index contributed by atoms with van der Waals surface area (Å²) >= 11 is 17.9. The summed E-state index contributed by atoms with van der Waals surface area (Å²) in [4.78, 5) is 13.1. The zero-order chi connectivity index (χ0) is 15.8. The van der Waals surface area contributed by atoms with Crippen molar-refractivity contribution in [2.24, 2.45) is 0 Å². The molecule has 2 aromatic rings. The van der Waals surface area contributed by atoms with Crippen molar-refractivity contribution >= 4 is 66.3 Å². The Balaban J connectivity index is 2.41. The van der Waals surface area contributed by atoms with Crippen LogP contribution in [-0.4, -0.2) is 18.3 Å². The van der Waals surface area contributed by atoms with Crippen LogP contribution in [0.1, 0.15) is 0 Å². The molecular formula is C9H4Cl3N3O4S2. The Labute approximate surface area is 137 Å². The van der Waals surface area contributed by atoms with Crippen LogP contribution in [0.25, 0.3) is 0 Å². The molecule has 0 spiro atoms. The molecule has 1 heterocycles. The van der Waals surface area contributed by atoms with Crippen LogP contribution in [-0.2, 0) is 10.0 Å². The van der Waals surface area contributed by atoms with Gasteiger partial charge in [-0.15, -0.1) is 0 Å². The van der Waals surface area contributed by atoms with Crippen LogP contribution in [0.2, 0.25) is 15.1 Å². The van der Waals surface area contributed by atoms with Crippen molar-refractivity contribution in [1.82, 2.24) is 4.98 Å². The highest BCUT2D eigenvalue weighted by Gasteiger charge is 2.24. The lowest BCUT2D eigenvalue weighted by molar-refractivity contribution is -0.380. The van der Waals surface area contributed by atoms with E-state index in [2.05, 4.69) is 9.71 Å². The molecule has 0 saturated heterocycles. The minimum absolute atomic E-state index is 0.175. The van der Waals surface area contributed by atoms with Crippen LogP contribution in [0.15, 0.2) is 23.2 Å². The van der Waals surface area contributed by atoms with Crippen molar-refractivity contribution in [3.8, 4) is 0 Å². The van der Waals surface area contributed by atoms with E-state index in [1.165, 1.54) is 12.1 Å². The summed E-state index contributed by atoms with van der Waals surface area (Å²) in [7, 11) is -4.15. The quantitative estimate of drug-likeness (QED) is 0.633. The van der Waals surface area contributed by atoms with Crippen molar-refractivity contribution in [1.29, 1.82) is 0 Å². The van der Waals surface area contributed by atoms with Gasteiger partial charge in [-0.2, -0.15) is 0 Å². The third kappa shape index (κ3) is 3.55. The molecule has 0 radical (unpaired) electrons. The third-order valence-electron chi connectivity index (χ3n) is 2.13. The molecule has 0 saturated carbocycles. The van der Waals surface area contributed by atoms with E-state index in [1.54, 1.807) is 0 Å². The van der Waals surface area contributed by atoms with Crippen LogP contribution < -0.4 is 4.72 Å². The maximum Gasteiger partial charge on any atom is 0.345 e. The average molecular weight is 389 g/mol. The first-order chi connectivity index (χ1) is 9.70. The Morgan fingerprint density at radius 1 is 1.24 bits per heavy atom. The summed E-state index contributed by atoms with van der Waals surface area (Å²) in [5, 5.41) is 9.88. The van der Waals surface area contributed by atoms with Gasteiger partial charge in [-0.25, -0.2) is 13.4 Å². The smallest absolute Gasteiger partial charge is 0.257 e. The van der Waals surface area contributed by atoms with Crippen molar-refractivity contribution in [2.75, 3.05) is 4.72 Å². The van der Waals surface area contributed by atoms with Crippen molar-refractivity contribution in [2.45, 2.75) is 4.90 Å². The first-order valence-electron chi connectivity index (χ1n) is 4.98. The molecule has 0 atom stereocenters. The number of thiazole rings is 1. The van der Waals surface area contributed by atoms with Gasteiger partial charge >= 0.3 is 5.00 Å². The molecule has 12 heteroatoms. The second-order valence-corrected chi connectivity index (χ2v) is 7.44. The Morgan fingerprint density at radius 2 is 1.81 bits per heavy atom. The second kappa shape index (κ2) is 5.93. The van der Waals surface area contributed by atoms with Crippen molar-refractivity contribution in [3.63, 3.8) is 0 Å². The van der Waals surface area contributed by atoms with E-state index >= 15 is 0 Å². The molecule has 0 fully saturated rings. The lowest BCUT2D eigenvalue weighted by atomic mass is 10.4. The van der Waals surface area contributed by atoms with Crippen LogP contribution >= 0.6 is 46.1 Å². The van der Waals surface area contributed by atoms with Crippen molar-refractivity contribution in [3.05, 3.63) is 43.5 Å².